The first-order chi connectivity index (χ1) is 12.4. The molecule has 26 heavy (non-hydrogen) atoms. The molecule has 4 nitrogen and oxygen atoms in total. The standard InChI is InChI=1S/C19H17F3N4/c1-13-11-17(23-12-14-5-3-2-4-6-14)26-18(24-13)25-16-9-7-15(8-10-16)19(20,21)22/h2-11H,12H2,1H3,(H2,23,24,25,26). The van der Waals surface area contributed by atoms with Crippen LogP contribution in [0, 0.1) is 6.92 Å². The number of aryl methyl sites for hydroxylation is 1. The molecular formula is C19H17F3N4. The summed E-state index contributed by atoms with van der Waals surface area (Å²) in [6.45, 7) is 2.43. The Hall–Kier alpha value is -3.09. The lowest BCUT2D eigenvalue weighted by molar-refractivity contribution is -0.137. The number of alkyl halides is 3. The van der Waals surface area contributed by atoms with Gasteiger partial charge in [0, 0.05) is 24.0 Å². The Morgan fingerprint density at radius 3 is 2.27 bits per heavy atom. The summed E-state index contributed by atoms with van der Waals surface area (Å²) < 4.78 is 37.9. The molecule has 0 bridgehead atoms. The molecule has 2 N–H and O–H groups in total. The van der Waals surface area contributed by atoms with Crippen molar-refractivity contribution >= 4 is 17.5 Å². The molecule has 0 spiro atoms. The van der Waals surface area contributed by atoms with E-state index >= 15 is 0 Å². The van der Waals surface area contributed by atoms with Crippen LogP contribution in [0.15, 0.2) is 60.7 Å². The quantitative estimate of drug-likeness (QED) is 0.661. The monoisotopic (exact) mass is 358 g/mol. The minimum Gasteiger partial charge on any atom is -0.366 e. The second kappa shape index (κ2) is 7.43. The first-order valence-electron chi connectivity index (χ1n) is 7.98. The van der Waals surface area contributed by atoms with Gasteiger partial charge in [0.25, 0.3) is 0 Å². The largest absolute Gasteiger partial charge is 0.416 e. The van der Waals surface area contributed by atoms with E-state index < -0.39 is 11.7 Å². The van der Waals surface area contributed by atoms with Crippen molar-refractivity contribution in [2.45, 2.75) is 19.6 Å². The van der Waals surface area contributed by atoms with E-state index in [0.29, 0.717) is 24.0 Å². The minimum atomic E-state index is -4.35. The van der Waals surface area contributed by atoms with E-state index in [-0.39, 0.29) is 0 Å². The number of aromatic nitrogens is 2. The van der Waals surface area contributed by atoms with E-state index in [0.717, 1.165) is 23.4 Å². The lowest BCUT2D eigenvalue weighted by Gasteiger charge is -2.11. The Morgan fingerprint density at radius 2 is 1.62 bits per heavy atom. The predicted molar refractivity (Wildman–Crippen MR) is 95.3 cm³/mol. The van der Waals surface area contributed by atoms with Crippen molar-refractivity contribution in [2.75, 3.05) is 10.6 Å². The normalized spacial score (nSPS) is 11.2. The molecule has 3 aromatic rings. The number of halogens is 3. The third kappa shape index (κ3) is 4.72. The van der Waals surface area contributed by atoms with Gasteiger partial charge in [0.05, 0.1) is 5.56 Å². The van der Waals surface area contributed by atoms with Crippen molar-refractivity contribution in [3.63, 3.8) is 0 Å². The number of benzene rings is 2. The lowest BCUT2D eigenvalue weighted by atomic mass is 10.2. The third-order valence-electron chi connectivity index (χ3n) is 3.64. The van der Waals surface area contributed by atoms with Crippen LogP contribution in [-0.2, 0) is 12.7 Å². The topological polar surface area (TPSA) is 49.8 Å². The molecule has 0 radical (unpaired) electrons. The molecule has 3 rings (SSSR count). The molecule has 134 valence electrons. The van der Waals surface area contributed by atoms with Gasteiger partial charge in [-0.3, -0.25) is 0 Å². The smallest absolute Gasteiger partial charge is 0.366 e. The summed E-state index contributed by atoms with van der Waals surface area (Å²) >= 11 is 0. The van der Waals surface area contributed by atoms with Crippen LogP contribution in [0.25, 0.3) is 0 Å². The molecule has 0 unspecified atom stereocenters. The summed E-state index contributed by atoms with van der Waals surface area (Å²) in [4.78, 5) is 8.63. The van der Waals surface area contributed by atoms with Crippen molar-refractivity contribution in [1.82, 2.24) is 9.97 Å². The fraction of sp³-hybridized carbons (Fsp3) is 0.158. The fourth-order valence-electron chi connectivity index (χ4n) is 2.38. The Labute approximate surface area is 149 Å². The number of nitrogens with zero attached hydrogens (tertiary/aromatic N) is 2. The molecule has 0 aliphatic carbocycles. The Kier molecular flexibility index (Phi) is 5.06. The highest BCUT2D eigenvalue weighted by Gasteiger charge is 2.29. The van der Waals surface area contributed by atoms with Crippen LogP contribution in [0.1, 0.15) is 16.8 Å². The van der Waals surface area contributed by atoms with Crippen LogP contribution < -0.4 is 10.6 Å². The van der Waals surface area contributed by atoms with E-state index in [1.165, 1.54) is 12.1 Å². The van der Waals surface area contributed by atoms with Crippen LogP contribution >= 0.6 is 0 Å². The number of rotatable bonds is 5. The number of anilines is 3. The van der Waals surface area contributed by atoms with Gasteiger partial charge in [-0.15, -0.1) is 0 Å². The zero-order valence-corrected chi connectivity index (χ0v) is 14.0. The molecule has 0 aliphatic heterocycles. The van der Waals surface area contributed by atoms with Gasteiger partial charge < -0.3 is 10.6 Å². The first kappa shape index (κ1) is 17.7. The predicted octanol–water partition coefficient (Wildman–Crippen LogP) is 5.16. The molecule has 0 aliphatic rings. The van der Waals surface area contributed by atoms with Crippen LogP contribution in [0.3, 0.4) is 0 Å². The maximum atomic E-state index is 12.6. The van der Waals surface area contributed by atoms with Crippen molar-refractivity contribution < 1.29 is 13.2 Å². The highest BCUT2D eigenvalue weighted by molar-refractivity contribution is 5.56. The maximum Gasteiger partial charge on any atom is 0.416 e. The van der Waals surface area contributed by atoms with Crippen LogP contribution in [0.4, 0.5) is 30.6 Å². The van der Waals surface area contributed by atoms with E-state index in [9.17, 15) is 13.2 Å². The van der Waals surface area contributed by atoms with Gasteiger partial charge in [-0.05, 0) is 36.8 Å². The summed E-state index contributed by atoms with van der Waals surface area (Å²) in [6.07, 6.45) is -4.35. The average Bonchev–Trinajstić information content (AvgIpc) is 2.60. The van der Waals surface area contributed by atoms with Crippen LogP contribution in [0.2, 0.25) is 0 Å². The second-order valence-corrected chi connectivity index (χ2v) is 5.76. The number of nitrogens with one attached hydrogen (secondary N) is 2. The Bertz CT molecular complexity index is 862. The molecule has 0 fully saturated rings. The van der Waals surface area contributed by atoms with Gasteiger partial charge in [-0.2, -0.15) is 18.2 Å². The highest BCUT2D eigenvalue weighted by atomic mass is 19.4. The molecule has 7 heteroatoms. The summed E-state index contributed by atoms with van der Waals surface area (Å²) in [7, 11) is 0. The Morgan fingerprint density at radius 1 is 0.923 bits per heavy atom. The molecule has 0 saturated heterocycles. The van der Waals surface area contributed by atoms with Crippen molar-refractivity contribution in [1.29, 1.82) is 0 Å². The van der Waals surface area contributed by atoms with Crippen LogP contribution in [-0.4, -0.2) is 9.97 Å². The van der Waals surface area contributed by atoms with Crippen molar-refractivity contribution in [3.05, 3.63) is 77.5 Å². The summed E-state index contributed by atoms with van der Waals surface area (Å²) in [6, 6.07) is 16.4. The van der Waals surface area contributed by atoms with E-state index in [2.05, 4.69) is 20.6 Å². The van der Waals surface area contributed by atoms with Gasteiger partial charge >= 0.3 is 6.18 Å². The molecule has 0 saturated carbocycles. The minimum absolute atomic E-state index is 0.320. The molecule has 0 amide bonds. The van der Waals surface area contributed by atoms with E-state index in [4.69, 9.17) is 0 Å². The summed E-state index contributed by atoms with van der Waals surface area (Å²) in [5, 5.41) is 6.15. The van der Waals surface area contributed by atoms with Gasteiger partial charge in [0.15, 0.2) is 0 Å². The van der Waals surface area contributed by atoms with Crippen molar-refractivity contribution in [2.24, 2.45) is 0 Å². The molecule has 0 atom stereocenters. The van der Waals surface area contributed by atoms with Crippen molar-refractivity contribution in [3.8, 4) is 0 Å². The average molecular weight is 358 g/mol. The lowest BCUT2D eigenvalue weighted by Crippen LogP contribution is -2.06. The highest BCUT2D eigenvalue weighted by Crippen LogP contribution is 2.30. The second-order valence-electron chi connectivity index (χ2n) is 5.76. The Balaban J connectivity index is 1.71. The zero-order chi connectivity index (χ0) is 18.6. The molecule has 2 aromatic carbocycles. The third-order valence-corrected chi connectivity index (χ3v) is 3.64. The van der Waals surface area contributed by atoms with E-state index in [1.54, 1.807) is 6.07 Å². The summed E-state index contributed by atoms with van der Waals surface area (Å²) in [5.41, 5.74) is 1.64. The SMILES string of the molecule is Cc1cc(NCc2ccccc2)nc(Nc2ccc(C(F)(F)F)cc2)n1. The molecule has 1 heterocycles. The number of hydrogen-bond donors (Lipinski definition) is 2. The van der Waals surface area contributed by atoms with E-state index in [1.807, 2.05) is 37.3 Å². The molecular weight excluding hydrogens is 341 g/mol. The van der Waals surface area contributed by atoms with Gasteiger partial charge in [-0.1, -0.05) is 30.3 Å². The van der Waals surface area contributed by atoms with Crippen LogP contribution in [0.5, 0.6) is 0 Å². The van der Waals surface area contributed by atoms with Gasteiger partial charge in [0.2, 0.25) is 5.95 Å². The first-order valence-corrected chi connectivity index (χ1v) is 7.98. The van der Waals surface area contributed by atoms with Gasteiger partial charge in [-0.25, -0.2) is 4.98 Å². The zero-order valence-electron chi connectivity index (χ0n) is 14.0. The number of hydrogen-bond acceptors (Lipinski definition) is 4. The summed E-state index contributed by atoms with van der Waals surface area (Å²) in [5.74, 6) is 0.955. The molecule has 1 aromatic heterocycles. The fourth-order valence-corrected chi connectivity index (χ4v) is 2.38. The van der Waals surface area contributed by atoms with Gasteiger partial charge in [0.1, 0.15) is 5.82 Å². The maximum absolute atomic E-state index is 12.6.